The standard InChI is InChI=1S/C19H25ClN4O2/c1-14(24-17-16(21)10-12-22-18(17)20)7-5-6-11-23-19(25)26-13-15-8-3-2-4-9-15/h2-4,8-10,12,14,24H,5-7,11,13H2,1H3,(H2,21,22)(H,23,25)/t14-/m0/s1. The van der Waals surface area contributed by atoms with Crippen LogP contribution in [0.2, 0.25) is 5.15 Å². The number of hydrogen-bond acceptors (Lipinski definition) is 5. The highest BCUT2D eigenvalue weighted by atomic mass is 35.5. The van der Waals surface area contributed by atoms with Gasteiger partial charge in [-0.25, -0.2) is 9.78 Å². The number of anilines is 2. The number of unbranched alkanes of at least 4 members (excludes halogenated alkanes) is 1. The average Bonchev–Trinajstić information content (AvgIpc) is 2.64. The smallest absolute Gasteiger partial charge is 0.407 e. The van der Waals surface area contributed by atoms with Gasteiger partial charge in [-0.2, -0.15) is 0 Å². The van der Waals surface area contributed by atoms with Crippen LogP contribution in [-0.4, -0.2) is 23.7 Å². The van der Waals surface area contributed by atoms with Crippen LogP contribution in [0.1, 0.15) is 31.7 Å². The first kappa shape index (κ1) is 19.8. The van der Waals surface area contributed by atoms with Gasteiger partial charge in [0.15, 0.2) is 5.15 Å². The van der Waals surface area contributed by atoms with Crippen molar-refractivity contribution in [3.63, 3.8) is 0 Å². The highest BCUT2D eigenvalue weighted by molar-refractivity contribution is 6.32. The first-order chi connectivity index (χ1) is 12.6. The largest absolute Gasteiger partial charge is 0.445 e. The number of halogens is 1. The summed E-state index contributed by atoms with van der Waals surface area (Å²) in [6.45, 7) is 2.92. The van der Waals surface area contributed by atoms with Crippen LogP contribution in [0.15, 0.2) is 42.6 Å². The Bertz CT molecular complexity index is 677. The summed E-state index contributed by atoms with van der Waals surface area (Å²) < 4.78 is 5.16. The Morgan fingerprint density at radius 1 is 1.27 bits per heavy atom. The molecule has 1 aromatic carbocycles. The van der Waals surface area contributed by atoms with Crippen LogP contribution in [-0.2, 0) is 11.3 Å². The van der Waals surface area contributed by atoms with Crippen molar-refractivity contribution in [2.45, 2.75) is 38.8 Å². The lowest BCUT2D eigenvalue weighted by Gasteiger charge is -2.17. The average molecular weight is 377 g/mol. The van der Waals surface area contributed by atoms with Crippen molar-refractivity contribution in [1.29, 1.82) is 0 Å². The van der Waals surface area contributed by atoms with Gasteiger partial charge in [-0.15, -0.1) is 0 Å². The van der Waals surface area contributed by atoms with Gasteiger partial charge >= 0.3 is 6.09 Å². The van der Waals surface area contributed by atoms with Gasteiger partial charge in [0.25, 0.3) is 0 Å². The molecule has 2 aromatic rings. The van der Waals surface area contributed by atoms with E-state index in [1.807, 2.05) is 30.3 Å². The fourth-order valence-electron chi connectivity index (χ4n) is 2.45. The molecular weight excluding hydrogens is 352 g/mol. The second-order valence-electron chi connectivity index (χ2n) is 6.10. The molecule has 0 aliphatic carbocycles. The van der Waals surface area contributed by atoms with Crippen molar-refractivity contribution < 1.29 is 9.53 Å². The lowest BCUT2D eigenvalue weighted by Crippen LogP contribution is -2.25. The number of ether oxygens (including phenoxy) is 1. The maximum Gasteiger partial charge on any atom is 0.407 e. The Balaban J connectivity index is 1.57. The van der Waals surface area contributed by atoms with Gasteiger partial charge in [0.2, 0.25) is 0 Å². The molecule has 0 spiro atoms. The maximum absolute atomic E-state index is 11.6. The fourth-order valence-corrected chi connectivity index (χ4v) is 2.67. The molecule has 1 heterocycles. The van der Waals surface area contributed by atoms with Gasteiger partial charge in [0.05, 0.1) is 11.4 Å². The molecule has 0 fully saturated rings. The van der Waals surface area contributed by atoms with Crippen molar-refractivity contribution in [1.82, 2.24) is 10.3 Å². The van der Waals surface area contributed by atoms with E-state index in [1.54, 1.807) is 12.3 Å². The van der Waals surface area contributed by atoms with Crippen LogP contribution < -0.4 is 16.4 Å². The maximum atomic E-state index is 11.6. The lowest BCUT2D eigenvalue weighted by molar-refractivity contribution is 0.139. The summed E-state index contributed by atoms with van der Waals surface area (Å²) in [5.74, 6) is 0. The minimum Gasteiger partial charge on any atom is -0.445 e. The van der Waals surface area contributed by atoms with Crippen LogP contribution in [0.3, 0.4) is 0 Å². The summed E-state index contributed by atoms with van der Waals surface area (Å²) in [7, 11) is 0. The number of nitrogen functional groups attached to an aromatic ring is 1. The molecule has 0 radical (unpaired) electrons. The molecule has 6 nitrogen and oxygen atoms in total. The number of aromatic nitrogens is 1. The number of amides is 1. The molecule has 7 heteroatoms. The predicted octanol–water partition coefficient (Wildman–Crippen LogP) is 4.21. The van der Waals surface area contributed by atoms with E-state index in [1.165, 1.54) is 0 Å². The SMILES string of the molecule is C[C@@H](CCCCNC(=O)OCc1ccccc1)Nc1c(N)ccnc1Cl. The number of nitrogens with one attached hydrogen (secondary N) is 2. The molecule has 0 saturated heterocycles. The van der Waals surface area contributed by atoms with E-state index in [-0.39, 0.29) is 12.6 Å². The van der Waals surface area contributed by atoms with Crippen LogP contribution in [0.4, 0.5) is 16.2 Å². The van der Waals surface area contributed by atoms with E-state index < -0.39 is 6.09 Å². The molecule has 0 bridgehead atoms. The Hall–Kier alpha value is -2.47. The van der Waals surface area contributed by atoms with Gasteiger partial charge < -0.3 is 21.1 Å². The molecule has 0 aliphatic rings. The number of hydrogen-bond donors (Lipinski definition) is 3. The van der Waals surface area contributed by atoms with E-state index in [2.05, 4.69) is 22.5 Å². The number of alkyl carbamates (subject to hydrolysis) is 1. The zero-order chi connectivity index (χ0) is 18.8. The quantitative estimate of drug-likeness (QED) is 0.450. The third-order valence-electron chi connectivity index (χ3n) is 3.87. The molecule has 1 atom stereocenters. The highest BCUT2D eigenvalue weighted by Crippen LogP contribution is 2.26. The van der Waals surface area contributed by atoms with E-state index in [0.717, 1.165) is 24.8 Å². The highest BCUT2D eigenvalue weighted by Gasteiger charge is 2.09. The van der Waals surface area contributed by atoms with E-state index >= 15 is 0 Å². The lowest BCUT2D eigenvalue weighted by atomic mass is 10.1. The monoisotopic (exact) mass is 376 g/mol. The summed E-state index contributed by atoms with van der Waals surface area (Å²) in [5.41, 5.74) is 8.12. The molecule has 1 amide bonds. The third-order valence-corrected chi connectivity index (χ3v) is 4.16. The van der Waals surface area contributed by atoms with Crippen molar-refractivity contribution in [3.8, 4) is 0 Å². The van der Waals surface area contributed by atoms with Crippen LogP contribution in [0.5, 0.6) is 0 Å². The summed E-state index contributed by atoms with van der Waals surface area (Å²) in [6, 6.07) is 11.5. The summed E-state index contributed by atoms with van der Waals surface area (Å²) in [6.07, 6.45) is 3.92. The fraction of sp³-hybridized carbons (Fsp3) is 0.368. The van der Waals surface area contributed by atoms with Crippen LogP contribution in [0.25, 0.3) is 0 Å². The van der Waals surface area contributed by atoms with E-state index in [9.17, 15) is 4.79 Å². The molecular formula is C19H25ClN4O2. The summed E-state index contributed by atoms with van der Waals surface area (Å²) in [4.78, 5) is 15.7. The molecule has 0 unspecified atom stereocenters. The third kappa shape index (κ3) is 6.80. The van der Waals surface area contributed by atoms with E-state index in [0.29, 0.717) is 23.1 Å². The molecule has 1 aromatic heterocycles. The molecule has 2 rings (SSSR count). The molecule has 26 heavy (non-hydrogen) atoms. The second kappa shape index (κ2) is 10.5. The summed E-state index contributed by atoms with van der Waals surface area (Å²) in [5, 5.41) is 6.42. The van der Waals surface area contributed by atoms with Gasteiger partial charge in [0, 0.05) is 18.8 Å². The van der Waals surface area contributed by atoms with Gasteiger partial charge in [-0.1, -0.05) is 41.9 Å². The van der Waals surface area contributed by atoms with Crippen molar-refractivity contribution in [2.24, 2.45) is 0 Å². The molecule has 0 saturated carbocycles. The Labute approximate surface area is 159 Å². The van der Waals surface area contributed by atoms with Gasteiger partial charge in [-0.3, -0.25) is 0 Å². The Kier molecular flexibility index (Phi) is 8.02. The number of nitrogens with two attached hydrogens (primary N) is 1. The number of rotatable bonds is 9. The van der Waals surface area contributed by atoms with Gasteiger partial charge in [-0.05, 0) is 37.8 Å². The van der Waals surface area contributed by atoms with Gasteiger partial charge in [0.1, 0.15) is 6.61 Å². The van der Waals surface area contributed by atoms with Crippen LogP contribution in [0, 0.1) is 0 Å². The first-order valence-electron chi connectivity index (χ1n) is 8.67. The minimum absolute atomic E-state index is 0.198. The second-order valence-corrected chi connectivity index (χ2v) is 6.45. The van der Waals surface area contributed by atoms with Crippen molar-refractivity contribution in [3.05, 3.63) is 53.3 Å². The summed E-state index contributed by atoms with van der Waals surface area (Å²) >= 11 is 6.05. The minimum atomic E-state index is -0.394. The van der Waals surface area contributed by atoms with E-state index in [4.69, 9.17) is 22.1 Å². The predicted molar refractivity (Wildman–Crippen MR) is 105 cm³/mol. The number of carbonyl (C=O) groups excluding carboxylic acids is 1. The molecule has 0 aliphatic heterocycles. The number of carbonyl (C=O) groups is 1. The zero-order valence-electron chi connectivity index (χ0n) is 14.9. The first-order valence-corrected chi connectivity index (χ1v) is 9.05. The molecule has 140 valence electrons. The number of nitrogens with zero attached hydrogens (tertiary/aromatic N) is 1. The number of pyridine rings is 1. The molecule has 4 N–H and O–H groups in total. The zero-order valence-corrected chi connectivity index (χ0v) is 15.6. The Morgan fingerprint density at radius 3 is 2.77 bits per heavy atom. The Morgan fingerprint density at radius 2 is 2.04 bits per heavy atom. The van der Waals surface area contributed by atoms with Crippen molar-refractivity contribution >= 4 is 29.1 Å². The topological polar surface area (TPSA) is 89.3 Å². The number of benzene rings is 1. The van der Waals surface area contributed by atoms with Crippen LogP contribution >= 0.6 is 11.6 Å². The van der Waals surface area contributed by atoms with Crippen molar-refractivity contribution in [2.75, 3.05) is 17.6 Å². The normalized spacial score (nSPS) is 11.6.